The SMILES string of the molecule is Fc1cnc(F)c(C(F)F)c1F. The van der Waals surface area contributed by atoms with Crippen LogP contribution in [0.5, 0.6) is 0 Å². The van der Waals surface area contributed by atoms with Crippen molar-refractivity contribution in [3.63, 3.8) is 0 Å². The Hall–Kier alpha value is -1.20. The molecule has 66 valence electrons. The molecule has 0 radical (unpaired) electrons. The number of aromatic nitrogens is 1. The summed E-state index contributed by atoms with van der Waals surface area (Å²) >= 11 is 0. The predicted molar refractivity (Wildman–Crippen MR) is 29.1 cm³/mol. The molecule has 0 aliphatic rings. The second-order valence-corrected chi connectivity index (χ2v) is 1.93. The molecule has 0 saturated carbocycles. The van der Waals surface area contributed by atoms with Gasteiger partial charge >= 0.3 is 0 Å². The van der Waals surface area contributed by atoms with Gasteiger partial charge in [-0.2, -0.15) is 4.39 Å². The van der Waals surface area contributed by atoms with Crippen LogP contribution in [0.25, 0.3) is 0 Å². The quantitative estimate of drug-likeness (QED) is 0.481. The van der Waals surface area contributed by atoms with Crippen LogP contribution in [-0.4, -0.2) is 4.98 Å². The normalized spacial score (nSPS) is 10.8. The highest BCUT2D eigenvalue weighted by atomic mass is 19.3. The van der Waals surface area contributed by atoms with Crippen molar-refractivity contribution >= 4 is 0 Å². The minimum Gasteiger partial charge on any atom is -0.225 e. The van der Waals surface area contributed by atoms with Crippen molar-refractivity contribution in [3.8, 4) is 0 Å². The van der Waals surface area contributed by atoms with E-state index in [1.54, 1.807) is 0 Å². The first-order valence-corrected chi connectivity index (χ1v) is 2.81. The maximum absolute atomic E-state index is 12.4. The number of halogens is 5. The van der Waals surface area contributed by atoms with E-state index in [4.69, 9.17) is 0 Å². The molecule has 0 aliphatic carbocycles. The van der Waals surface area contributed by atoms with Gasteiger partial charge in [-0.1, -0.05) is 0 Å². The van der Waals surface area contributed by atoms with Gasteiger partial charge in [0.2, 0.25) is 5.95 Å². The van der Waals surface area contributed by atoms with Gasteiger partial charge in [0.15, 0.2) is 11.6 Å². The van der Waals surface area contributed by atoms with Crippen LogP contribution in [0, 0.1) is 17.6 Å². The number of pyridine rings is 1. The van der Waals surface area contributed by atoms with Crippen molar-refractivity contribution < 1.29 is 22.0 Å². The number of rotatable bonds is 1. The summed E-state index contributed by atoms with van der Waals surface area (Å²) in [5.74, 6) is -5.17. The summed E-state index contributed by atoms with van der Waals surface area (Å²) in [6, 6.07) is 0. The molecule has 1 heterocycles. The Kier molecular flexibility index (Phi) is 2.25. The number of alkyl halides is 2. The van der Waals surface area contributed by atoms with Crippen LogP contribution in [0.15, 0.2) is 6.20 Å². The Bertz CT molecular complexity index is 298. The van der Waals surface area contributed by atoms with Crippen LogP contribution >= 0.6 is 0 Å². The van der Waals surface area contributed by atoms with Crippen molar-refractivity contribution in [2.45, 2.75) is 6.43 Å². The van der Waals surface area contributed by atoms with E-state index in [-0.39, 0.29) is 6.20 Å². The smallest absolute Gasteiger partial charge is 0.225 e. The van der Waals surface area contributed by atoms with Gasteiger partial charge in [0.05, 0.1) is 6.20 Å². The maximum atomic E-state index is 12.4. The zero-order valence-electron chi connectivity index (χ0n) is 5.49. The van der Waals surface area contributed by atoms with E-state index in [0.717, 1.165) is 0 Å². The molecule has 0 aromatic carbocycles. The lowest BCUT2D eigenvalue weighted by Crippen LogP contribution is -2.01. The van der Waals surface area contributed by atoms with Crippen LogP contribution in [-0.2, 0) is 0 Å². The summed E-state index contributed by atoms with van der Waals surface area (Å²) in [6.45, 7) is 0. The van der Waals surface area contributed by atoms with Crippen molar-refractivity contribution in [1.82, 2.24) is 4.98 Å². The Morgan fingerprint density at radius 2 is 1.75 bits per heavy atom. The highest BCUT2D eigenvalue weighted by Crippen LogP contribution is 2.24. The fourth-order valence-electron chi connectivity index (χ4n) is 0.645. The molecule has 0 saturated heterocycles. The van der Waals surface area contributed by atoms with E-state index in [2.05, 4.69) is 4.98 Å². The molecular weight excluding hydrogens is 181 g/mol. The van der Waals surface area contributed by atoms with Gasteiger partial charge < -0.3 is 0 Å². The standard InChI is InChI=1S/C6H2F5N/c7-2-1-12-6(11)3(4(2)8)5(9)10/h1,5H. The summed E-state index contributed by atoms with van der Waals surface area (Å²) in [5.41, 5.74) is -1.63. The Morgan fingerprint density at radius 1 is 1.17 bits per heavy atom. The molecule has 0 atom stereocenters. The third-order valence-electron chi connectivity index (χ3n) is 1.18. The fraction of sp³-hybridized carbons (Fsp3) is 0.167. The first kappa shape index (κ1) is 8.89. The average molecular weight is 183 g/mol. The summed E-state index contributed by atoms with van der Waals surface area (Å²) in [6.07, 6.45) is -3.20. The van der Waals surface area contributed by atoms with E-state index in [9.17, 15) is 22.0 Å². The molecule has 6 heteroatoms. The molecular formula is C6H2F5N. The topological polar surface area (TPSA) is 12.9 Å². The van der Waals surface area contributed by atoms with E-state index in [0.29, 0.717) is 0 Å². The van der Waals surface area contributed by atoms with Crippen LogP contribution in [0.1, 0.15) is 12.0 Å². The lowest BCUT2D eigenvalue weighted by molar-refractivity contribution is 0.138. The van der Waals surface area contributed by atoms with Crippen LogP contribution in [0.4, 0.5) is 22.0 Å². The Balaban J connectivity index is 3.33. The Labute approximate surface area is 63.8 Å². The number of hydrogen-bond donors (Lipinski definition) is 0. The zero-order chi connectivity index (χ0) is 9.30. The van der Waals surface area contributed by atoms with E-state index in [1.165, 1.54) is 0 Å². The van der Waals surface area contributed by atoms with Gasteiger partial charge in [-0.25, -0.2) is 22.5 Å². The molecule has 0 spiro atoms. The third-order valence-corrected chi connectivity index (χ3v) is 1.18. The summed E-state index contributed by atoms with van der Waals surface area (Å²) < 4.78 is 60.4. The zero-order valence-corrected chi connectivity index (χ0v) is 5.49. The summed E-state index contributed by atoms with van der Waals surface area (Å²) in [4.78, 5) is 2.60. The van der Waals surface area contributed by atoms with Gasteiger partial charge in [0.25, 0.3) is 6.43 Å². The lowest BCUT2D eigenvalue weighted by atomic mass is 10.2. The van der Waals surface area contributed by atoms with Crippen LogP contribution < -0.4 is 0 Å². The maximum Gasteiger partial charge on any atom is 0.271 e. The van der Waals surface area contributed by atoms with E-state index in [1.807, 2.05) is 0 Å². The van der Waals surface area contributed by atoms with Crippen molar-refractivity contribution in [2.24, 2.45) is 0 Å². The molecule has 0 N–H and O–H groups in total. The van der Waals surface area contributed by atoms with Crippen LogP contribution in [0.2, 0.25) is 0 Å². The summed E-state index contributed by atoms with van der Waals surface area (Å²) in [7, 11) is 0. The minimum atomic E-state index is -3.41. The first-order chi connectivity index (χ1) is 5.54. The molecule has 0 fully saturated rings. The molecule has 0 aliphatic heterocycles. The molecule has 1 nitrogen and oxygen atoms in total. The van der Waals surface area contributed by atoms with Crippen molar-refractivity contribution in [1.29, 1.82) is 0 Å². The van der Waals surface area contributed by atoms with E-state index >= 15 is 0 Å². The van der Waals surface area contributed by atoms with Crippen molar-refractivity contribution in [3.05, 3.63) is 29.3 Å². The Morgan fingerprint density at radius 3 is 2.17 bits per heavy atom. The first-order valence-electron chi connectivity index (χ1n) is 2.81. The predicted octanol–water partition coefficient (Wildman–Crippen LogP) is 2.44. The fourth-order valence-corrected chi connectivity index (χ4v) is 0.645. The minimum absolute atomic E-state index is 0.205. The number of hydrogen-bond acceptors (Lipinski definition) is 1. The van der Waals surface area contributed by atoms with Gasteiger partial charge in [0, 0.05) is 0 Å². The van der Waals surface area contributed by atoms with Gasteiger partial charge in [-0.05, 0) is 0 Å². The highest BCUT2D eigenvalue weighted by molar-refractivity contribution is 5.16. The van der Waals surface area contributed by atoms with Gasteiger partial charge in [0.1, 0.15) is 5.56 Å². The van der Waals surface area contributed by atoms with Gasteiger partial charge in [-0.3, -0.25) is 0 Å². The monoisotopic (exact) mass is 183 g/mol. The van der Waals surface area contributed by atoms with Crippen molar-refractivity contribution in [2.75, 3.05) is 0 Å². The lowest BCUT2D eigenvalue weighted by Gasteiger charge is -2.01. The molecule has 12 heavy (non-hydrogen) atoms. The second-order valence-electron chi connectivity index (χ2n) is 1.93. The summed E-state index contributed by atoms with van der Waals surface area (Å²) in [5, 5.41) is 0. The van der Waals surface area contributed by atoms with Gasteiger partial charge in [-0.15, -0.1) is 0 Å². The molecule has 0 unspecified atom stereocenters. The van der Waals surface area contributed by atoms with E-state index < -0.39 is 29.6 Å². The highest BCUT2D eigenvalue weighted by Gasteiger charge is 2.22. The molecule has 0 bridgehead atoms. The number of nitrogens with zero attached hydrogens (tertiary/aromatic N) is 1. The molecule has 1 aromatic rings. The average Bonchev–Trinajstić information content (AvgIpc) is 1.97. The van der Waals surface area contributed by atoms with Crippen LogP contribution in [0.3, 0.4) is 0 Å². The molecule has 0 amide bonds. The second kappa shape index (κ2) is 3.04. The molecule has 1 aromatic heterocycles. The third kappa shape index (κ3) is 1.37. The molecule has 1 rings (SSSR count). The largest absolute Gasteiger partial charge is 0.271 e.